The van der Waals surface area contributed by atoms with E-state index in [1.807, 2.05) is 42.2 Å². The number of piperazine rings is 1. The maximum absolute atomic E-state index is 13.2. The highest BCUT2D eigenvalue weighted by atomic mass is 32.2. The lowest BCUT2D eigenvalue weighted by atomic mass is 10.1. The Hall–Kier alpha value is -3.27. The van der Waals surface area contributed by atoms with Gasteiger partial charge in [-0.1, -0.05) is 31.5 Å². The van der Waals surface area contributed by atoms with Crippen molar-refractivity contribution in [1.82, 2.24) is 4.90 Å². The molecule has 1 unspecified atom stereocenters. The molecule has 4 rings (SSSR count). The van der Waals surface area contributed by atoms with Gasteiger partial charge in [-0.2, -0.15) is 0 Å². The summed E-state index contributed by atoms with van der Waals surface area (Å²) in [4.78, 5) is 4.33. The molecule has 8 nitrogen and oxygen atoms in total. The highest BCUT2D eigenvalue weighted by molar-refractivity contribution is 7.92. The number of sulfonamides is 1. The zero-order chi connectivity index (χ0) is 28.0. The van der Waals surface area contributed by atoms with Crippen LogP contribution in [-0.2, 0) is 16.4 Å². The lowest BCUT2D eigenvalue weighted by molar-refractivity contribution is -0.00220. The molecule has 3 aromatic rings. The van der Waals surface area contributed by atoms with E-state index < -0.39 is 16.3 Å². The summed E-state index contributed by atoms with van der Waals surface area (Å²) in [6.07, 6.45) is 2.28. The SMILES string of the molecule is CCCCc1ccc(NS(=O)(=O)c2ccc(C)c(C(O)N3CCN(c4ccc(OC)c(OC)c4)CC3)c2)cc1. The zero-order valence-corrected chi connectivity index (χ0v) is 24.0. The Morgan fingerprint density at radius 1 is 0.923 bits per heavy atom. The van der Waals surface area contributed by atoms with Gasteiger partial charge in [0.25, 0.3) is 10.0 Å². The molecule has 2 N–H and O–H groups in total. The van der Waals surface area contributed by atoms with Crippen molar-refractivity contribution in [2.75, 3.05) is 50.0 Å². The van der Waals surface area contributed by atoms with Crippen LogP contribution >= 0.6 is 0 Å². The molecule has 0 aromatic heterocycles. The minimum Gasteiger partial charge on any atom is -0.493 e. The fourth-order valence-corrected chi connectivity index (χ4v) is 5.93. The number of aryl methyl sites for hydroxylation is 2. The molecule has 3 aromatic carbocycles. The van der Waals surface area contributed by atoms with Crippen molar-refractivity contribution in [1.29, 1.82) is 0 Å². The van der Waals surface area contributed by atoms with Crippen molar-refractivity contribution in [3.8, 4) is 11.5 Å². The maximum Gasteiger partial charge on any atom is 0.261 e. The van der Waals surface area contributed by atoms with Gasteiger partial charge in [0.05, 0.1) is 19.1 Å². The maximum atomic E-state index is 13.2. The summed E-state index contributed by atoms with van der Waals surface area (Å²) in [5, 5.41) is 11.3. The molecule has 1 heterocycles. The number of unbranched alkanes of at least 4 members (excludes halogenated alkanes) is 1. The number of rotatable bonds is 11. The summed E-state index contributed by atoms with van der Waals surface area (Å²) in [6.45, 7) is 6.69. The number of aliphatic hydroxyl groups is 1. The molecule has 1 saturated heterocycles. The number of hydrogen-bond acceptors (Lipinski definition) is 7. The smallest absolute Gasteiger partial charge is 0.261 e. The van der Waals surface area contributed by atoms with Crippen molar-refractivity contribution in [3.05, 3.63) is 77.4 Å². The number of ether oxygens (including phenoxy) is 2. The van der Waals surface area contributed by atoms with Gasteiger partial charge >= 0.3 is 0 Å². The monoisotopic (exact) mass is 553 g/mol. The second-order valence-electron chi connectivity index (χ2n) is 9.86. The van der Waals surface area contributed by atoms with E-state index in [1.54, 1.807) is 44.6 Å². The van der Waals surface area contributed by atoms with Crippen molar-refractivity contribution >= 4 is 21.4 Å². The van der Waals surface area contributed by atoms with Gasteiger partial charge in [-0.05, 0) is 72.9 Å². The van der Waals surface area contributed by atoms with Crippen molar-refractivity contribution < 1.29 is 23.0 Å². The van der Waals surface area contributed by atoms with E-state index in [9.17, 15) is 13.5 Å². The van der Waals surface area contributed by atoms with E-state index in [-0.39, 0.29) is 4.90 Å². The van der Waals surface area contributed by atoms with Crippen LogP contribution in [0.25, 0.3) is 0 Å². The predicted molar refractivity (Wildman–Crippen MR) is 155 cm³/mol. The highest BCUT2D eigenvalue weighted by Gasteiger charge is 2.26. The van der Waals surface area contributed by atoms with Gasteiger partial charge in [-0.3, -0.25) is 9.62 Å². The van der Waals surface area contributed by atoms with Crippen LogP contribution in [0, 0.1) is 6.92 Å². The molecule has 39 heavy (non-hydrogen) atoms. The second-order valence-corrected chi connectivity index (χ2v) is 11.5. The largest absolute Gasteiger partial charge is 0.493 e. The number of methoxy groups -OCH3 is 2. The van der Waals surface area contributed by atoms with Crippen LogP contribution in [0.15, 0.2) is 65.6 Å². The van der Waals surface area contributed by atoms with Gasteiger partial charge in [0.15, 0.2) is 11.5 Å². The zero-order valence-electron chi connectivity index (χ0n) is 23.2. The number of aliphatic hydroxyl groups excluding tert-OH is 1. The molecule has 1 atom stereocenters. The average Bonchev–Trinajstić information content (AvgIpc) is 2.96. The molecule has 0 aliphatic carbocycles. The van der Waals surface area contributed by atoms with Gasteiger partial charge in [0.1, 0.15) is 6.23 Å². The summed E-state index contributed by atoms with van der Waals surface area (Å²) in [5.74, 6) is 1.35. The summed E-state index contributed by atoms with van der Waals surface area (Å²) >= 11 is 0. The normalized spacial score (nSPS) is 15.2. The van der Waals surface area contributed by atoms with Crippen LogP contribution in [-0.4, -0.2) is 58.8 Å². The first-order valence-electron chi connectivity index (χ1n) is 13.4. The van der Waals surface area contributed by atoms with E-state index in [1.165, 1.54) is 5.56 Å². The summed E-state index contributed by atoms with van der Waals surface area (Å²) in [7, 11) is -0.584. The first-order chi connectivity index (χ1) is 18.7. The Labute approximate surface area is 232 Å². The fourth-order valence-electron chi connectivity index (χ4n) is 4.84. The molecular formula is C30H39N3O5S. The third-order valence-electron chi connectivity index (χ3n) is 7.26. The number of hydrogen-bond donors (Lipinski definition) is 2. The van der Waals surface area contributed by atoms with Crippen molar-refractivity contribution in [2.45, 2.75) is 44.2 Å². The molecule has 1 fully saturated rings. The van der Waals surface area contributed by atoms with Crippen molar-refractivity contribution in [3.63, 3.8) is 0 Å². The number of benzene rings is 3. The highest BCUT2D eigenvalue weighted by Crippen LogP contribution is 2.33. The van der Waals surface area contributed by atoms with Crippen molar-refractivity contribution in [2.24, 2.45) is 0 Å². The lowest BCUT2D eigenvalue weighted by Crippen LogP contribution is -2.47. The molecule has 1 aliphatic heterocycles. The molecule has 0 radical (unpaired) electrons. The quantitative estimate of drug-likeness (QED) is 0.347. The van der Waals surface area contributed by atoms with Crippen LogP contribution < -0.4 is 19.1 Å². The number of anilines is 2. The van der Waals surface area contributed by atoms with E-state index >= 15 is 0 Å². The minimum atomic E-state index is -3.81. The standard InChI is InChI=1S/C30H39N3O5S/c1-5-6-7-23-9-11-24(12-10-23)31-39(35,36)26-14-8-22(2)27(21-26)30(34)33-18-16-32(17-19-33)25-13-15-28(37-3)29(20-25)38-4/h8-15,20-21,30-31,34H,5-7,16-19H2,1-4H3. The third kappa shape index (κ3) is 6.84. The van der Waals surface area contributed by atoms with Crippen LogP contribution in [0.2, 0.25) is 0 Å². The number of nitrogens with one attached hydrogen (secondary N) is 1. The second kappa shape index (κ2) is 12.7. The molecular weight excluding hydrogens is 514 g/mol. The van der Waals surface area contributed by atoms with Gasteiger partial charge in [-0.25, -0.2) is 8.42 Å². The topological polar surface area (TPSA) is 91.3 Å². The predicted octanol–water partition coefficient (Wildman–Crippen LogP) is 4.97. The molecule has 1 aliphatic rings. The van der Waals surface area contributed by atoms with Gasteiger partial charge in [-0.15, -0.1) is 0 Å². The minimum absolute atomic E-state index is 0.126. The van der Waals surface area contributed by atoms with E-state index in [0.717, 1.165) is 30.5 Å². The first kappa shape index (κ1) is 28.7. The Morgan fingerprint density at radius 2 is 1.62 bits per heavy atom. The van der Waals surface area contributed by atoms with Crippen LogP contribution in [0.3, 0.4) is 0 Å². The number of nitrogens with zero attached hydrogens (tertiary/aromatic N) is 2. The van der Waals surface area contributed by atoms with Gasteiger partial charge < -0.3 is 19.5 Å². The molecule has 0 bridgehead atoms. The van der Waals surface area contributed by atoms with Crippen LogP contribution in [0.4, 0.5) is 11.4 Å². The van der Waals surface area contributed by atoms with E-state index in [2.05, 4.69) is 16.5 Å². The van der Waals surface area contributed by atoms with Gasteiger partial charge in [0, 0.05) is 43.6 Å². The third-order valence-corrected chi connectivity index (χ3v) is 8.64. The molecule has 0 amide bonds. The Kier molecular flexibility index (Phi) is 9.37. The van der Waals surface area contributed by atoms with E-state index in [4.69, 9.17) is 9.47 Å². The average molecular weight is 554 g/mol. The molecule has 9 heteroatoms. The summed E-state index contributed by atoms with van der Waals surface area (Å²) in [6, 6.07) is 18.3. The molecule has 0 spiro atoms. The van der Waals surface area contributed by atoms with Crippen LogP contribution in [0.1, 0.15) is 42.7 Å². The Bertz CT molecular complexity index is 1350. The van der Waals surface area contributed by atoms with E-state index in [0.29, 0.717) is 48.9 Å². The molecule has 210 valence electrons. The molecule has 0 saturated carbocycles. The summed E-state index contributed by atoms with van der Waals surface area (Å²) in [5.41, 5.74) is 4.16. The lowest BCUT2D eigenvalue weighted by Gasteiger charge is -2.39. The fraction of sp³-hybridized carbons (Fsp3) is 0.400. The Morgan fingerprint density at radius 3 is 2.26 bits per heavy atom. The summed E-state index contributed by atoms with van der Waals surface area (Å²) < 4.78 is 39.8. The van der Waals surface area contributed by atoms with Crippen LogP contribution in [0.5, 0.6) is 11.5 Å². The van der Waals surface area contributed by atoms with Gasteiger partial charge in [0.2, 0.25) is 0 Å². The Balaban J connectivity index is 1.44. The first-order valence-corrected chi connectivity index (χ1v) is 14.9.